The van der Waals surface area contributed by atoms with Crippen LogP contribution in [-0.2, 0) is 6.54 Å². The van der Waals surface area contributed by atoms with Gasteiger partial charge < -0.3 is 15.5 Å². The van der Waals surface area contributed by atoms with Crippen LogP contribution < -0.4 is 15.5 Å². The molecule has 0 amide bonds. The SMILES string of the molecule is Cc1cccc(CNc2cc(Nc3ccc(N4CCCC4)cc3)ncn2)c1. The van der Waals surface area contributed by atoms with Gasteiger partial charge in [-0.05, 0) is 49.6 Å². The Morgan fingerprint density at radius 1 is 0.926 bits per heavy atom. The molecule has 5 nitrogen and oxygen atoms in total. The van der Waals surface area contributed by atoms with Gasteiger partial charge in [-0.1, -0.05) is 29.8 Å². The number of rotatable bonds is 6. The van der Waals surface area contributed by atoms with E-state index in [-0.39, 0.29) is 0 Å². The zero-order chi connectivity index (χ0) is 18.5. The molecule has 3 aromatic rings. The number of benzene rings is 2. The summed E-state index contributed by atoms with van der Waals surface area (Å²) in [6.45, 7) is 5.16. The molecule has 5 heteroatoms. The minimum Gasteiger partial charge on any atom is -0.372 e. The Morgan fingerprint density at radius 3 is 2.48 bits per heavy atom. The van der Waals surface area contributed by atoms with Crippen LogP contribution >= 0.6 is 0 Å². The summed E-state index contributed by atoms with van der Waals surface area (Å²) in [5.74, 6) is 1.59. The van der Waals surface area contributed by atoms with E-state index in [1.807, 2.05) is 6.07 Å². The quantitative estimate of drug-likeness (QED) is 0.666. The molecule has 27 heavy (non-hydrogen) atoms. The molecule has 1 aliphatic rings. The van der Waals surface area contributed by atoms with Gasteiger partial charge in [-0.25, -0.2) is 9.97 Å². The van der Waals surface area contributed by atoms with Crippen molar-refractivity contribution in [3.63, 3.8) is 0 Å². The molecule has 0 atom stereocenters. The van der Waals surface area contributed by atoms with Crippen LogP contribution in [-0.4, -0.2) is 23.1 Å². The van der Waals surface area contributed by atoms with E-state index in [9.17, 15) is 0 Å². The molecule has 0 aliphatic carbocycles. The number of nitrogens with zero attached hydrogens (tertiary/aromatic N) is 3. The van der Waals surface area contributed by atoms with Crippen LogP contribution in [0.3, 0.4) is 0 Å². The Morgan fingerprint density at radius 2 is 1.70 bits per heavy atom. The van der Waals surface area contributed by atoms with E-state index in [1.165, 1.54) is 29.7 Å². The van der Waals surface area contributed by atoms with E-state index >= 15 is 0 Å². The first-order chi connectivity index (χ1) is 13.3. The van der Waals surface area contributed by atoms with Crippen LogP contribution in [0.5, 0.6) is 0 Å². The van der Waals surface area contributed by atoms with Crippen molar-refractivity contribution in [1.82, 2.24) is 9.97 Å². The molecule has 1 saturated heterocycles. The Kier molecular flexibility index (Phi) is 5.19. The summed E-state index contributed by atoms with van der Waals surface area (Å²) in [5, 5.41) is 6.72. The molecule has 1 aromatic heterocycles. The molecule has 0 radical (unpaired) electrons. The zero-order valence-electron chi connectivity index (χ0n) is 15.7. The molecule has 138 valence electrons. The lowest BCUT2D eigenvalue weighted by Gasteiger charge is -2.18. The largest absolute Gasteiger partial charge is 0.372 e. The van der Waals surface area contributed by atoms with E-state index in [2.05, 4.69) is 81.0 Å². The van der Waals surface area contributed by atoms with Gasteiger partial charge in [0.05, 0.1) is 0 Å². The van der Waals surface area contributed by atoms with Gasteiger partial charge in [0.1, 0.15) is 18.0 Å². The second kappa shape index (κ2) is 8.08. The van der Waals surface area contributed by atoms with Crippen LogP contribution in [0, 0.1) is 6.92 Å². The average Bonchev–Trinajstić information content (AvgIpc) is 3.22. The van der Waals surface area contributed by atoms with E-state index in [4.69, 9.17) is 0 Å². The smallest absolute Gasteiger partial charge is 0.135 e. The molecule has 0 saturated carbocycles. The van der Waals surface area contributed by atoms with Crippen molar-refractivity contribution in [3.05, 3.63) is 72.1 Å². The molecule has 0 bridgehead atoms. The average molecular weight is 359 g/mol. The number of hydrogen-bond donors (Lipinski definition) is 2. The van der Waals surface area contributed by atoms with Gasteiger partial charge in [0, 0.05) is 37.1 Å². The molecule has 0 spiro atoms. The normalized spacial score (nSPS) is 13.6. The van der Waals surface area contributed by atoms with Crippen molar-refractivity contribution < 1.29 is 0 Å². The fourth-order valence-corrected chi connectivity index (χ4v) is 3.42. The summed E-state index contributed by atoms with van der Waals surface area (Å²) < 4.78 is 0. The lowest BCUT2D eigenvalue weighted by atomic mass is 10.1. The zero-order valence-corrected chi connectivity index (χ0v) is 15.7. The number of aryl methyl sites for hydroxylation is 1. The van der Waals surface area contributed by atoms with E-state index in [1.54, 1.807) is 6.33 Å². The second-order valence-corrected chi connectivity index (χ2v) is 7.00. The molecule has 0 unspecified atom stereocenters. The van der Waals surface area contributed by atoms with Crippen LogP contribution in [0.4, 0.5) is 23.0 Å². The third-order valence-corrected chi connectivity index (χ3v) is 4.83. The number of nitrogens with one attached hydrogen (secondary N) is 2. The summed E-state index contributed by atoms with van der Waals surface area (Å²) in [6, 6.07) is 19.0. The number of aromatic nitrogens is 2. The number of anilines is 4. The van der Waals surface area contributed by atoms with Crippen LogP contribution in [0.2, 0.25) is 0 Å². The number of hydrogen-bond acceptors (Lipinski definition) is 5. The molecule has 1 aliphatic heterocycles. The van der Waals surface area contributed by atoms with Crippen LogP contribution in [0.25, 0.3) is 0 Å². The molecular weight excluding hydrogens is 334 g/mol. The van der Waals surface area contributed by atoms with Crippen molar-refractivity contribution >= 4 is 23.0 Å². The first kappa shape index (κ1) is 17.3. The summed E-state index contributed by atoms with van der Waals surface area (Å²) in [6.07, 6.45) is 4.16. The third-order valence-electron chi connectivity index (χ3n) is 4.83. The maximum atomic E-state index is 4.33. The monoisotopic (exact) mass is 359 g/mol. The van der Waals surface area contributed by atoms with E-state index in [0.29, 0.717) is 0 Å². The highest BCUT2D eigenvalue weighted by atomic mass is 15.1. The summed E-state index contributed by atoms with van der Waals surface area (Å²) >= 11 is 0. The summed E-state index contributed by atoms with van der Waals surface area (Å²) in [4.78, 5) is 11.1. The molecular formula is C22H25N5. The van der Waals surface area contributed by atoms with Gasteiger partial charge in [-0.2, -0.15) is 0 Å². The van der Waals surface area contributed by atoms with Crippen molar-refractivity contribution in [2.75, 3.05) is 28.6 Å². The third kappa shape index (κ3) is 4.56. The lowest BCUT2D eigenvalue weighted by molar-refractivity contribution is 0.949. The minimum atomic E-state index is 0.739. The Labute approximate surface area is 160 Å². The highest BCUT2D eigenvalue weighted by molar-refractivity contribution is 5.62. The van der Waals surface area contributed by atoms with Crippen molar-refractivity contribution in [1.29, 1.82) is 0 Å². The molecule has 2 aromatic carbocycles. The highest BCUT2D eigenvalue weighted by Crippen LogP contribution is 2.23. The van der Waals surface area contributed by atoms with Crippen molar-refractivity contribution in [2.45, 2.75) is 26.3 Å². The topological polar surface area (TPSA) is 53.1 Å². The molecule has 2 heterocycles. The van der Waals surface area contributed by atoms with Crippen molar-refractivity contribution in [3.8, 4) is 0 Å². The van der Waals surface area contributed by atoms with Gasteiger partial charge in [-0.3, -0.25) is 0 Å². The Bertz CT molecular complexity index is 885. The fraction of sp³-hybridized carbons (Fsp3) is 0.273. The lowest BCUT2D eigenvalue weighted by Crippen LogP contribution is -2.17. The fourth-order valence-electron chi connectivity index (χ4n) is 3.42. The van der Waals surface area contributed by atoms with E-state index in [0.717, 1.165) is 37.0 Å². The maximum absolute atomic E-state index is 4.33. The summed E-state index contributed by atoms with van der Waals surface area (Å²) in [7, 11) is 0. The molecule has 4 rings (SSSR count). The van der Waals surface area contributed by atoms with E-state index < -0.39 is 0 Å². The van der Waals surface area contributed by atoms with Gasteiger partial charge in [0.15, 0.2) is 0 Å². The van der Waals surface area contributed by atoms with Crippen LogP contribution in [0.15, 0.2) is 60.9 Å². The maximum Gasteiger partial charge on any atom is 0.135 e. The first-order valence-electron chi connectivity index (χ1n) is 9.50. The van der Waals surface area contributed by atoms with Crippen LogP contribution in [0.1, 0.15) is 24.0 Å². The predicted octanol–water partition coefficient (Wildman–Crippen LogP) is 4.74. The Hall–Kier alpha value is -3.08. The standard InChI is InChI=1S/C22H25N5/c1-17-5-4-6-18(13-17)15-23-21-14-22(25-16-24-21)26-19-7-9-20(10-8-19)27-11-2-3-12-27/h4-10,13-14,16H,2-3,11-12,15H2,1H3,(H2,23,24,25,26). The van der Waals surface area contributed by atoms with Gasteiger partial charge in [0.25, 0.3) is 0 Å². The van der Waals surface area contributed by atoms with Crippen molar-refractivity contribution in [2.24, 2.45) is 0 Å². The highest BCUT2D eigenvalue weighted by Gasteiger charge is 2.11. The first-order valence-corrected chi connectivity index (χ1v) is 9.50. The Balaban J connectivity index is 1.38. The van der Waals surface area contributed by atoms with Gasteiger partial charge in [0.2, 0.25) is 0 Å². The van der Waals surface area contributed by atoms with Gasteiger partial charge >= 0.3 is 0 Å². The minimum absolute atomic E-state index is 0.739. The van der Waals surface area contributed by atoms with Gasteiger partial charge in [-0.15, -0.1) is 0 Å². The molecule has 1 fully saturated rings. The summed E-state index contributed by atoms with van der Waals surface area (Å²) in [5.41, 5.74) is 4.82. The molecule has 2 N–H and O–H groups in total. The second-order valence-electron chi connectivity index (χ2n) is 7.00. The predicted molar refractivity (Wildman–Crippen MR) is 112 cm³/mol.